The van der Waals surface area contributed by atoms with Crippen molar-refractivity contribution in [2.45, 2.75) is 44.8 Å². The molecule has 2 nitrogen and oxygen atoms in total. The van der Waals surface area contributed by atoms with Gasteiger partial charge in [-0.3, -0.25) is 4.79 Å². The minimum Gasteiger partial charge on any atom is -0.369 e. The Morgan fingerprint density at radius 2 is 2.05 bits per heavy atom. The molecule has 2 rings (SSSR count). The highest BCUT2D eigenvalue weighted by molar-refractivity contribution is 5.79. The average Bonchev–Trinajstić information content (AvgIpc) is 3.22. The second kappa shape index (κ2) is 5.85. The lowest BCUT2D eigenvalue weighted by Gasteiger charge is -2.25. The molecule has 0 saturated heterocycles. The molecule has 20 heavy (non-hydrogen) atoms. The minimum absolute atomic E-state index is 0.264. The van der Waals surface area contributed by atoms with Crippen LogP contribution in [0.5, 0.6) is 0 Å². The summed E-state index contributed by atoms with van der Waals surface area (Å²) in [7, 11) is 0. The van der Waals surface area contributed by atoms with E-state index in [-0.39, 0.29) is 11.8 Å². The molecule has 0 spiro atoms. The van der Waals surface area contributed by atoms with Crippen LogP contribution in [0.4, 0.5) is 18.9 Å². The van der Waals surface area contributed by atoms with Crippen molar-refractivity contribution < 1.29 is 18.0 Å². The first-order chi connectivity index (χ1) is 9.47. The van der Waals surface area contributed by atoms with E-state index in [9.17, 15) is 18.0 Å². The van der Waals surface area contributed by atoms with Crippen LogP contribution in [0.2, 0.25) is 0 Å². The van der Waals surface area contributed by atoms with E-state index in [0.29, 0.717) is 11.7 Å². The predicted octanol–water partition coefficient (Wildman–Crippen LogP) is 4.29. The van der Waals surface area contributed by atoms with E-state index in [1.807, 2.05) is 4.90 Å². The Labute approximate surface area is 116 Å². The highest BCUT2D eigenvalue weighted by Gasteiger charge is 2.35. The van der Waals surface area contributed by atoms with Gasteiger partial charge in [0, 0.05) is 23.8 Å². The smallest absolute Gasteiger partial charge is 0.369 e. The molecule has 1 saturated carbocycles. The third kappa shape index (κ3) is 3.32. The monoisotopic (exact) mass is 285 g/mol. The van der Waals surface area contributed by atoms with Crippen molar-refractivity contribution in [1.29, 1.82) is 0 Å². The summed E-state index contributed by atoms with van der Waals surface area (Å²) in [5.41, 5.74) is -0.571. The number of hydrogen-bond acceptors (Lipinski definition) is 2. The maximum Gasteiger partial charge on any atom is 0.417 e. The lowest BCUT2D eigenvalue weighted by atomic mass is 10.1. The van der Waals surface area contributed by atoms with Crippen molar-refractivity contribution in [2.24, 2.45) is 0 Å². The van der Waals surface area contributed by atoms with E-state index >= 15 is 0 Å². The maximum absolute atomic E-state index is 13.0. The van der Waals surface area contributed by atoms with Crippen molar-refractivity contribution in [3.63, 3.8) is 0 Å². The molecule has 0 aromatic heterocycles. The molecule has 0 bridgehead atoms. The molecule has 1 aromatic rings. The summed E-state index contributed by atoms with van der Waals surface area (Å²) in [6, 6.07) is 4.35. The van der Waals surface area contributed by atoms with E-state index < -0.39 is 11.7 Å². The summed E-state index contributed by atoms with van der Waals surface area (Å²) in [5, 5.41) is 0. The number of aldehydes is 1. The average molecular weight is 285 g/mol. The van der Waals surface area contributed by atoms with Crippen LogP contribution in [0.15, 0.2) is 18.2 Å². The van der Waals surface area contributed by atoms with Gasteiger partial charge in [-0.2, -0.15) is 13.2 Å². The molecule has 0 heterocycles. The lowest BCUT2D eigenvalue weighted by Crippen LogP contribution is -2.27. The number of rotatable bonds is 6. The molecule has 1 aliphatic rings. The zero-order valence-electron chi connectivity index (χ0n) is 11.4. The van der Waals surface area contributed by atoms with Crippen LogP contribution in [-0.4, -0.2) is 18.9 Å². The van der Waals surface area contributed by atoms with Gasteiger partial charge >= 0.3 is 6.18 Å². The summed E-state index contributed by atoms with van der Waals surface area (Å²) in [6.07, 6.45) is -0.220. The molecular formula is C15H18F3NO. The molecule has 110 valence electrons. The molecular weight excluding hydrogens is 267 g/mol. The highest BCUT2D eigenvalue weighted by Crippen LogP contribution is 2.37. The van der Waals surface area contributed by atoms with Crippen LogP contribution < -0.4 is 4.90 Å². The number of anilines is 1. The summed E-state index contributed by atoms with van der Waals surface area (Å²) in [5.74, 6) is 0. The fourth-order valence-electron chi connectivity index (χ4n) is 2.31. The van der Waals surface area contributed by atoms with Gasteiger partial charge in [-0.1, -0.05) is 13.3 Å². The summed E-state index contributed by atoms with van der Waals surface area (Å²) in [6.45, 7) is 2.82. The Bertz CT molecular complexity index is 480. The fourth-order valence-corrected chi connectivity index (χ4v) is 2.31. The van der Waals surface area contributed by atoms with Crippen molar-refractivity contribution in [1.82, 2.24) is 0 Å². The third-order valence-corrected chi connectivity index (χ3v) is 3.54. The van der Waals surface area contributed by atoms with Crippen LogP contribution in [0.25, 0.3) is 0 Å². The van der Waals surface area contributed by atoms with Gasteiger partial charge in [0.1, 0.15) is 0 Å². The van der Waals surface area contributed by atoms with Crippen LogP contribution in [-0.2, 0) is 6.18 Å². The Kier molecular flexibility index (Phi) is 4.35. The number of hydrogen-bond donors (Lipinski definition) is 0. The zero-order chi connectivity index (χ0) is 14.8. The molecule has 5 heteroatoms. The molecule has 1 aromatic carbocycles. The largest absolute Gasteiger partial charge is 0.417 e. The van der Waals surface area contributed by atoms with Gasteiger partial charge in [0.2, 0.25) is 0 Å². The van der Waals surface area contributed by atoms with Crippen molar-refractivity contribution in [3.8, 4) is 0 Å². The van der Waals surface area contributed by atoms with Crippen molar-refractivity contribution in [3.05, 3.63) is 29.3 Å². The van der Waals surface area contributed by atoms with E-state index in [1.54, 1.807) is 6.07 Å². The molecule has 0 radical (unpaired) electrons. The SMILES string of the molecule is CCCCN(c1ccc(C=O)c(C(F)(F)F)c1)C1CC1. The van der Waals surface area contributed by atoms with Crippen molar-refractivity contribution in [2.75, 3.05) is 11.4 Å². The van der Waals surface area contributed by atoms with Gasteiger partial charge in [-0.05, 0) is 37.5 Å². The summed E-state index contributed by atoms with van der Waals surface area (Å²) < 4.78 is 38.9. The number of benzene rings is 1. The number of carbonyl (C=O) groups excluding carboxylic acids is 1. The summed E-state index contributed by atoms with van der Waals surface area (Å²) >= 11 is 0. The lowest BCUT2D eigenvalue weighted by molar-refractivity contribution is -0.137. The molecule has 0 N–H and O–H groups in total. The summed E-state index contributed by atoms with van der Waals surface area (Å²) in [4.78, 5) is 12.8. The number of unbranched alkanes of at least 4 members (excludes halogenated alkanes) is 1. The maximum atomic E-state index is 13.0. The van der Waals surface area contributed by atoms with Crippen LogP contribution >= 0.6 is 0 Å². The first kappa shape index (κ1) is 14.9. The number of alkyl halides is 3. The minimum atomic E-state index is -4.49. The standard InChI is InChI=1S/C15H18F3NO/c1-2-3-8-19(12-6-7-12)13-5-4-11(10-20)14(9-13)15(16,17)18/h4-5,9-10,12H,2-3,6-8H2,1H3. The van der Waals surface area contributed by atoms with Gasteiger partial charge in [0.15, 0.2) is 6.29 Å². The normalized spacial score (nSPS) is 15.2. The zero-order valence-corrected chi connectivity index (χ0v) is 11.4. The quantitative estimate of drug-likeness (QED) is 0.727. The first-order valence-electron chi connectivity index (χ1n) is 6.90. The molecule has 0 unspecified atom stereocenters. The Morgan fingerprint density at radius 1 is 1.35 bits per heavy atom. The van der Waals surface area contributed by atoms with Crippen LogP contribution in [0.3, 0.4) is 0 Å². The third-order valence-electron chi connectivity index (χ3n) is 3.54. The second-order valence-corrected chi connectivity index (χ2v) is 5.17. The van der Waals surface area contributed by atoms with Gasteiger partial charge in [-0.25, -0.2) is 0 Å². The van der Waals surface area contributed by atoms with E-state index in [0.717, 1.165) is 38.3 Å². The first-order valence-corrected chi connectivity index (χ1v) is 6.90. The highest BCUT2D eigenvalue weighted by atomic mass is 19.4. The van der Waals surface area contributed by atoms with E-state index in [4.69, 9.17) is 0 Å². The van der Waals surface area contributed by atoms with Crippen LogP contribution in [0, 0.1) is 0 Å². The molecule has 0 aliphatic heterocycles. The topological polar surface area (TPSA) is 20.3 Å². The molecule has 0 amide bonds. The van der Waals surface area contributed by atoms with Gasteiger partial charge < -0.3 is 4.90 Å². The second-order valence-electron chi connectivity index (χ2n) is 5.17. The van der Waals surface area contributed by atoms with Gasteiger partial charge in [-0.15, -0.1) is 0 Å². The van der Waals surface area contributed by atoms with Gasteiger partial charge in [0.25, 0.3) is 0 Å². The number of halogens is 3. The molecule has 0 atom stereocenters. The molecule has 1 fully saturated rings. The number of carbonyl (C=O) groups is 1. The number of nitrogens with zero attached hydrogens (tertiary/aromatic N) is 1. The van der Waals surface area contributed by atoms with E-state index in [2.05, 4.69) is 6.92 Å². The van der Waals surface area contributed by atoms with Gasteiger partial charge in [0.05, 0.1) is 5.56 Å². The molecule has 1 aliphatic carbocycles. The Morgan fingerprint density at radius 3 is 2.55 bits per heavy atom. The van der Waals surface area contributed by atoms with Crippen molar-refractivity contribution >= 4 is 12.0 Å². The predicted molar refractivity (Wildman–Crippen MR) is 72.1 cm³/mol. The van der Waals surface area contributed by atoms with Crippen LogP contribution in [0.1, 0.15) is 48.5 Å². The fraction of sp³-hybridized carbons (Fsp3) is 0.533. The van der Waals surface area contributed by atoms with E-state index in [1.165, 1.54) is 6.07 Å². The Balaban J connectivity index is 2.33. The Hall–Kier alpha value is -1.52.